The highest BCUT2D eigenvalue weighted by Gasteiger charge is 2.27. The number of amides is 1. The van der Waals surface area contributed by atoms with Crippen LogP contribution in [0.25, 0.3) is 27.9 Å². The Hall–Kier alpha value is -4.45. The molecule has 0 saturated heterocycles. The van der Waals surface area contributed by atoms with E-state index >= 15 is 0 Å². The lowest BCUT2D eigenvalue weighted by Crippen LogP contribution is -2.30. The van der Waals surface area contributed by atoms with Gasteiger partial charge in [-0.05, 0) is 48.0 Å². The Morgan fingerprint density at radius 2 is 1.85 bits per heavy atom. The average Bonchev–Trinajstić information content (AvgIpc) is 3.56. The third kappa shape index (κ3) is 5.02. The second-order valence-corrected chi connectivity index (χ2v) is 10.8. The Balaban J connectivity index is 1.78. The van der Waals surface area contributed by atoms with Crippen LogP contribution in [0, 0.1) is 11.6 Å². The van der Waals surface area contributed by atoms with Crippen LogP contribution < -0.4 is 15.1 Å². The van der Waals surface area contributed by atoms with Crippen molar-refractivity contribution < 1.29 is 26.4 Å². The van der Waals surface area contributed by atoms with Crippen LogP contribution in [-0.4, -0.2) is 45.1 Å². The lowest BCUT2D eigenvalue weighted by atomic mass is 9.94. The molecule has 0 unspecified atom stereocenters. The predicted octanol–water partition coefficient (Wildman–Crippen LogP) is 3.66. The van der Waals surface area contributed by atoms with Crippen molar-refractivity contribution in [3.63, 3.8) is 0 Å². The molecule has 1 N–H and O–H groups in total. The molecule has 0 bridgehead atoms. The summed E-state index contributed by atoms with van der Waals surface area (Å²) in [6, 6.07) is 12.9. The zero-order chi connectivity index (χ0) is 27.9. The van der Waals surface area contributed by atoms with Gasteiger partial charge in [0.1, 0.15) is 25.2 Å². The van der Waals surface area contributed by atoms with Crippen LogP contribution in [0.4, 0.5) is 14.5 Å². The molecule has 1 amide bonds. The van der Waals surface area contributed by atoms with Crippen LogP contribution in [0.2, 0.25) is 0 Å². The van der Waals surface area contributed by atoms with Gasteiger partial charge in [0.2, 0.25) is 10.0 Å². The third-order valence-electron chi connectivity index (χ3n) is 6.21. The molecule has 2 aromatic carbocycles. The first-order valence-electron chi connectivity index (χ1n) is 11.7. The van der Waals surface area contributed by atoms with Crippen LogP contribution in [0.1, 0.15) is 15.9 Å². The van der Waals surface area contributed by atoms with Gasteiger partial charge in [-0.1, -0.05) is 17.6 Å². The Labute approximate surface area is 224 Å². The Morgan fingerprint density at radius 3 is 2.46 bits per heavy atom. The highest BCUT2D eigenvalue weighted by Crippen LogP contribution is 2.37. The van der Waals surface area contributed by atoms with Gasteiger partial charge in [-0.2, -0.15) is 5.10 Å². The van der Waals surface area contributed by atoms with Crippen LogP contribution in [0.3, 0.4) is 0 Å². The largest absolute Gasteiger partial charge is 0.472 e. The number of rotatable bonds is 7. The van der Waals surface area contributed by atoms with E-state index in [1.54, 1.807) is 12.1 Å². The number of carbonyl (C=O) groups is 1. The van der Waals surface area contributed by atoms with E-state index in [2.05, 4.69) is 10.4 Å². The van der Waals surface area contributed by atoms with Crippen LogP contribution in [-0.2, 0) is 16.6 Å². The molecule has 39 heavy (non-hydrogen) atoms. The maximum Gasteiger partial charge on any atom is 0.255 e. The zero-order valence-electron chi connectivity index (χ0n) is 20.9. The molecule has 0 fully saturated rings. The first-order chi connectivity index (χ1) is 18.6. The highest BCUT2D eigenvalue weighted by atomic mass is 32.2. The summed E-state index contributed by atoms with van der Waals surface area (Å²) in [6.07, 6.45) is 5.39. The van der Waals surface area contributed by atoms with Gasteiger partial charge in [0.15, 0.2) is 0 Å². The van der Waals surface area contributed by atoms with Crippen molar-refractivity contribution in [3.8, 4) is 22.4 Å². The summed E-state index contributed by atoms with van der Waals surface area (Å²) in [5, 5.41) is 7.18. The number of hydrogen-bond donors (Lipinski definition) is 1. The normalized spacial score (nSPS) is 11.6. The monoisotopic (exact) mass is 546 g/mol. The Morgan fingerprint density at radius 1 is 1.10 bits per heavy atom. The maximum absolute atomic E-state index is 14.2. The van der Waals surface area contributed by atoms with E-state index in [4.69, 9.17) is 12.3 Å². The minimum Gasteiger partial charge on any atom is -0.472 e. The number of hydrogen-bond acceptors (Lipinski definition) is 5. The van der Waals surface area contributed by atoms with E-state index in [9.17, 15) is 22.0 Å². The summed E-state index contributed by atoms with van der Waals surface area (Å²) in [5.74, 6) is -1.55. The molecule has 0 aliphatic heterocycles. The van der Waals surface area contributed by atoms with Crippen LogP contribution in [0.5, 0.6) is 0 Å². The molecule has 12 heteroatoms. The topological polar surface area (TPSA) is 96.9 Å². The van der Waals surface area contributed by atoms with E-state index in [0.29, 0.717) is 27.8 Å². The average molecular weight is 546 g/mol. The summed E-state index contributed by atoms with van der Waals surface area (Å²) in [6.45, 7) is -0.208. The SMILES string of the molecule is [B]c1ccc(CN(c2cn3nc(-c4ccc(F)cc4)c(C(=O)NC)c3cc2-c2ccoc2)S(C)(=O)=O)cc1F. The van der Waals surface area contributed by atoms with Crippen LogP contribution in [0.15, 0.2) is 77.7 Å². The molecule has 2 radical (unpaired) electrons. The number of pyridine rings is 1. The number of sulfonamides is 1. The molecule has 0 saturated carbocycles. The lowest BCUT2D eigenvalue weighted by molar-refractivity contribution is 0.0965. The Bertz CT molecular complexity index is 1800. The van der Waals surface area contributed by atoms with Gasteiger partial charge in [0, 0.05) is 23.7 Å². The molecule has 0 aliphatic rings. The number of benzene rings is 2. The molecule has 0 aliphatic carbocycles. The zero-order valence-corrected chi connectivity index (χ0v) is 21.7. The summed E-state index contributed by atoms with van der Waals surface area (Å²) in [5.41, 5.74) is 2.83. The first kappa shape index (κ1) is 26.2. The van der Waals surface area contributed by atoms with E-state index in [1.165, 1.54) is 72.8 Å². The molecular weight excluding hydrogens is 525 g/mol. The van der Waals surface area contributed by atoms with Crippen molar-refractivity contribution in [1.29, 1.82) is 0 Å². The second kappa shape index (κ2) is 10.0. The van der Waals surface area contributed by atoms with Crippen molar-refractivity contribution in [1.82, 2.24) is 14.9 Å². The molecule has 0 spiro atoms. The first-order valence-corrected chi connectivity index (χ1v) is 13.5. The molecule has 5 aromatic rings. The second-order valence-electron chi connectivity index (χ2n) is 8.85. The number of nitrogens with zero attached hydrogens (tertiary/aromatic N) is 3. The molecule has 5 rings (SSSR count). The van der Waals surface area contributed by atoms with Gasteiger partial charge >= 0.3 is 0 Å². The molecule has 3 heterocycles. The number of anilines is 1. The van der Waals surface area contributed by atoms with Gasteiger partial charge in [-0.25, -0.2) is 21.7 Å². The minimum absolute atomic E-state index is 0.0586. The molecular formula is C27H21BF2N4O4S. The van der Waals surface area contributed by atoms with Crippen molar-refractivity contribution in [3.05, 3.63) is 96.1 Å². The van der Waals surface area contributed by atoms with Crippen molar-refractivity contribution in [2.45, 2.75) is 6.54 Å². The number of aromatic nitrogens is 2. The maximum atomic E-state index is 14.2. The summed E-state index contributed by atoms with van der Waals surface area (Å²) < 4.78 is 61.7. The standard InChI is InChI=1S/C27H21BF2N4O4S/c1-31-27(35)25-23-12-20(18-9-10-38-15-18)24(14-33(23)32-26(25)17-4-6-19(29)7-5-17)34(39(2,36)37)13-16-3-8-21(28)22(30)11-16/h3-12,14-15H,13H2,1-2H3,(H,31,35). The number of halogens is 2. The molecule has 8 nitrogen and oxygen atoms in total. The van der Waals surface area contributed by atoms with E-state index in [0.717, 1.165) is 10.6 Å². The quantitative estimate of drug-likeness (QED) is 0.315. The van der Waals surface area contributed by atoms with Gasteiger partial charge in [-0.15, -0.1) is 0 Å². The summed E-state index contributed by atoms with van der Waals surface area (Å²) >= 11 is 0. The summed E-state index contributed by atoms with van der Waals surface area (Å²) in [7, 11) is 3.15. The van der Waals surface area contributed by atoms with Crippen molar-refractivity contribution in [2.24, 2.45) is 0 Å². The predicted molar refractivity (Wildman–Crippen MR) is 144 cm³/mol. The van der Waals surface area contributed by atoms with Gasteiger partial charge in [-0.3, -0.25) is 9.10 Å². The Kier molecular flexibility index (Phi) is 6.73. The third-order valence-corrected chi connectivity index (χ3v) is 7.34. The fourth-order valence-corrected chi connectivity index (χ4v) is 5.19. The van der Waals surface area contributed by atoms with Crippen LogP contribution >= 0.6 is 0 Å². The molecule has 3 aromatic heterocycles. The number of fused-ring (bicyclic) bond motifs is 1. The fourth-order valence-electron chi connectivity index (χ4n) is 4.30. The van der Waals surface area contributed by atoms with Crippen molar-refractivity contribution >= 4 is 40.4 Å². The minimum atomic E-state index is -3.92. The van der Waals surface area contributed by atoms with Gasteiger partial charge in [0.05, 0.1) is 48.3 Å². The van der Waals surface area contributed by atoms with Gasteiger partial charge in [0.25, 0.3) is 5.91 Å². The molecule has 196 valence electrons. The van der Waals surface area contributed by atoms with E-state index in [-0.39, 0.29) is 29.0 Å². The molecule has 0 atom stereocenters. The fraction of sp³-hybridized carbons (Fsp3) is 0.111. The smallest absolute Gasteiger partial charge is 0.255 e. The van der Waals surface area contributed by atoms with E-state index in [1.807, 2.05) is 0 Å². The summed E-state index contributed by atoms with van der Waals surface area (Å²) in [4.78, 5) is 13.0. The lowest BCUT2D eigenvalue weighted by Gasteiger charge is -2.25. The number of nitrogens with one attached hydrogen (secondary N) is 1. The highest BCUT2D eigenvalue weighted by molar-refractivity contribution is 7.92. The number of carbonyl (C=O) groups excluding carboxylic acids is 1. The van der Waals surface area contributed by atoms with E-state index < -0.39 is 27.6 Å². The van der Waals surface area contributed by atoms with Gasteiger partial charge < -0.3 is 9.73 Å². The van der Waals surface area contributed by atoms with Crippen molar-refractivity contribution in [2.75, 3.05) is 17.6 Å². The number of furan rings is 1.